The van der Waals surface area contributed by atoms with Crippen molar-refractivity contribution in [2.75, 3.05) is 6.61 Å². The van der Waals surface area contributed by atoms with E-state index in [1.54, 1.807) is 0 Å². The standard InChI is InChI=1S/C13H19BrO/c1-3-4-11(2)10-15-13-7-5-12(9-14)6-8-13/h5-8,11H,3-4,9-10H2,1-2H3. The molecule has 2 heteroatoms. The zero-order valence-corrected chi connectivity index (χ0v) is 11.1. The minimum Gasteiger partial charge on any atom is -0.493 e. The lowest BCUT2D eigenvalue weighted by atomic mass is 10.1. The molecule has 1 aromatic rings. The predicted octanol–water partition coefficient (Wildman–Crippen LogP) is 4.40. The smallest absolute Gasteiger partial charge is 0.119 e. The van der Waals surface area contributed by atoms with E-state index in [-0.39, 0.29) is 0 Å². The molecule has 0 aliphatic rings. The van der Waals surface area contributed by atoms with Gasteiger partial charge in [0.2, 0.25) is 0 Å². The SMILES string of the molecule is CCCC(C)COc1ccc(CBr)cc1. The van der Waals surface area contributed by atoms with Gasteiger partial charge >= 0.3 is 0 Å². The Morgan fingerprint density at radius 3 is 2.47 bits per heavy atom. The van der Waals surface area contributed by atoms with Gasteiger partial charge in [0.1, 0.15) is 5.75 Å². The summed E-state index contributed by atoms with van der Waals surface area (Å²) in [6, 6.07) is 8.26. The third-order valence-corrected chi connectivity index (χ3v) is 3.04. The van der Waals surface area contributed by atoms with Gasteiger partial charge in [-0.1, -0.05) is 48.3 Å². The fourth-order valence-electron chi connectivity index (χ4n) is 1.49. The average Bonchev–Trinajstić information content (AvgIpc) is 2.27. The molecule has 1 nitrogen and oxygen atoms in total. The van der Waals surface area contributed by atoms with Crippen LogP contribution in [0.3, 0.4) is 0 Å². The maximum Gasteiger partial charge on any atom is 0.119 e. The number of hydrogen-bond donors (Lipinski definition) is 0. The number of halogens is 1. The van der Waals surface area contributed by atoms with Crippen LogP contribution in [0.25, 0.3) is 0 Å². The third kappa shape index (κ3) is 4.70. The average molecular weight is 271 g/mol. The van der Waals surface area contributed by atoms with Crippen LogP contribution < -0.4 is 4.74 Å². The molecule has 0 amide bonds. The molecule has 0 spiro atoms. The van der Waals surface area contributed by atoms with Gasteiger partial charge in [0.05, 0.1) is 6.61 Å². The van der Waals surface area contributed by atoms with Crippen molar-refractivity contribution in [3.8, 4) is 5.75 Å². The van der Waals surface area contributed by atoms with Crippen molar-refractivity contribution in [3.05, 3.63) is 29.8 Å². The van der Waals surface area contributed by atoms with E-state index >= 15 is 0 Å². The van der Waals surface area contributed by atoms with Crippen molar-refractivity contribution in [1.82, 2.24) is 0 Å². The first-order valence-electron chi connectivity index (χ1n) is 5.54. The van der Waals surface area contributed by atoms with Crippen LogP contribution in [-0.4, -0.2) is 6.61 Å². The van der Waals surface area contributed by atoms with Gasteiger partial charge in [0, 0.05) is 5.33 Å². The Morgan fingerprint density at radius 2 is 1.93 bits per heavy atom. The Kier molecular flexibility index (Phi) is 5.77. The number of hydrogen-bond acceptors (Lipinski definition) is 1. The zero-order valence-electron chi connectivity index (χ0n) is 9.50. The van der Waals surface area contributed by atoms with E-state index < -0.39 is 0 Å². The van der Waals surface area contributed by atoms with E-state index in [0.29, 0.717) is 5.92 Å². The highest BCUT2D eigenvalue weighted by atomic mass is 79.9. The third-order valence-electron chi connectivity index (χ3n) is 2.39. The van der Waals surface area contributed by atoms with Crippen molar-refractivity contribution in [1.29, 1.82) is 0 Å². The lowest BCUT2D eigenvalue weighted by molar-refractivity contribution is 0.251. The van der Waals surface area contributed by atoms with Crippen LogP contribution in [0.5, 0.6) is 5.75 Å². The summed E-state index contributed by atoms with van der Waals surface area (Å²) in [5, 5.41) is 0.902. The number of benzene rings is 1. The Balaban J connectivity index is 2.37. The summed E-state index contributed by atoms with van der Waals surface area (Å²) in [4.78, 5) is 0. The van der Waals surface area contributed by atoms with Crippen LogP contribution in [-0.2, 0) is 5.33 Å². The number of alkyl halides is 1. The summed E-state index contributed by atoms with van der Waals surface area (Å²) < 4.78 is 5.70. The van der Waals surface area contributed by atoms with Gasteiger partial charge in [-0.15, -0.1) is 0 Å². The molecule has 0 saturated carbocycles. The number of ether oxygens (including phenoxy) is 1. The molecule has 0 aliphatic carbocycles. The fraction of sp³-hybridized carbons (Fsp3) is 0.538. The maximum absolute atomic E-state index is 5.70. The summed E-state index contributed by atoms with van der Waals surface area (Å²) >= 11 is 3.42. The van der Waals surface area contributed by atoms with Crippen LogP contribution in [0.2, 0.25) is 0 Å². The first kappa shape index (κ1) is 12.6. The zero-order chi connectivity index (χ0) is 11.1. The molecule has 1 aromatic carbocycles. The maximum atomic E-state index is 5.70. The van der Waals surface area contributed by atoms with Crippen LogP contribution in [0.15, 0.2) is 24.3 Å². The summed E-state index contributed by atoms with van der Waals surface area (Å²) in [6.07, 6.45) is 2.46. The van der Waals surface area contributed by atoms with Gasteiger partial charge in [-0.25, -0.2) is 0 Å². The lowest BCUT2D eigenvalue weighted by Gasteiger charge is -2.12. The molecule has 0 saturated heterocycles. The Morgan fingerprint density at radius 1 is 1.27 bits per heavy atom. The molecule has 15 heavy (non-hydrogen) atoms. The predicted molar refractivity (Wildman–Crippen MR) is 68.6 cm³/mol. The highest BCUT2D eigenvalue weighted by molar-refractivity contribution is 9.08. The molecule has 1 unspecified atom stereocenters. The monoisotopic (exact) mass is 270 g/mol. The molecule has 0 heterocycles. The second kappa shape index (κ2) is 6.89. The molecular weight excluding hydrogens is 252 g/mol. The van der Waals surface area contributed by atoms with E-state index in [1.807, 2.05) is 12.1 Å². The quantitative estimate of drug-likeness (QED) is 0.697. The lowest BCUT2D eigenvalue weighted by Crippen LogP contribution is -2.07. The molecule has 0 aliphatic heterocycles. The van der Waals surface area contributed by atoms with Crippen molar-refractivity contribution in [3.63, 3.8) is 0 Å². The van der Waals surface area contributed by atoms with E-state index in [1.165, 1.54) is 18.4 Å². The van der Waals surface area contributed by atoms with Gasteiger partial charge in [0.15, 0.2) is 0 Å². The minimum absolute atomic E-state index is 0.644. The summed E-state index contributed by atoms with van der Waals surface area (Å²) in [5.74, 6) is 1.62. The molecule has 0 radical (unpaired) electrons. The molecule has 0 bridgehead atoms. The Bertz CT molecular complexity index is 268. The summed E-state index contributed by atoms with van der Waals surface area (Å²) in [6.45, 7) is 5.26. The molecule has 1 rings (SSSR count). The van der Waals surface area contributed by atoms with E-state index in [2.05, 4.69) is 41.9 Å². The molecule has 1 atom stereocenters. The van der Waals surface area contributed by atoms with Crippen molar-refractivity contribution >= 4 is 15.9 Å². The van der Waals surface area contributed by atoms with Crippen LogP contribution in [0, 0.1) is 5.92 Å². The second-order valence-electron chi connectivity index (χ2n) is 3.98. The first-order chi connectivity index (χ1) is 7.26. The first-order valence-corrected chi connectivity index (χ1v) is 6.66. The second-order valence-corrected chi connectivity index (χ2v) is 4.54. The minimum atomic E-state index is 0.644. The fourth-order valence-corrected chi connectivity index (χ4v) is 1.86. The highest BCUT2D eigenvalue weighted by Gasteiger charge is 2.01. The van der Waals surface area contributed by atoms with Crippen LogP contribution >= 0.6 is 15.9 Å². The number of rotatable bonds is 6. The van der Waals surface area contributed by atoms with Crippen molar-refractivity contribution in [2.24, 2.45) is 5.92 Å². The molecular formula is C13H19BrO. The van der Waals surface area contributed by atoms with E-state index in [4.69, 9.17) is 4.74 Å². The Hall–Kier alpha value is -0.500. The highest BCUT2D eigenvalue weighted by Crippen LogP contribution is 2.15. The van der Waals surface area contributed by atoms with Crippen LogP contribution in [0.1, 0.15) is 32.3 Å². The van der Waals surface area contributed by atoms with E-state index in [0.717, 1.165) is 17.7 Å². The van der Waals surface area contributed by atoms with Gasteiger partial charge in [-0.2, -0.15) is 0 Å². The molecule has 0 fully saturated rings. The normalized spacial score (nSPS) is 12.5. The molecule has 84 valence electrons. The van der Waals surface area contributed by atoms with Gasteiger partial charge in [-0.3, -0.25) is 0 Å². The van der Waals surface area contributed by atoms with E-state index in [9.17, 15) is 0 Å². The van der Waals surface area contributed by atoms with Crippen molar-refractivity contribution < 1.29 is 4.74 Å². The summed E-state index contributed by atoms with van der Waals surface area (Å²) in [7, 11) is 0. The van der Waals surface area contributed by atoms with Crippen molar-refractivity contribution in [2.45, 2.75) is 32.0 Å². The van der Waals surface area contributed by atoms with Gasteiger partial charge in [-0.05, 0) is 30.0 Å². The molecule has 0 N–H and O–H groups in total. The largest absolute Gasteiger partial charge is 0.493 e. The van der Waals surface area contributed by atoms with Crippen LogP contribution in [0.4, 0.5) is 0 Å². The summed E-state index contributed by atoms with van der Waals surface area (Å²) in [5.41, 5.74) is 1.28. The van der Waals surface area contributed by atoms with Gasteiger partial charge < -0.3 is 4.74 Å². The Labute approximate surface area is 101 Å². The molecule has 0 aromatic heterocycles. The van der Waals surface area contributed by atoms with Gasteiger partial charge in [0.25, 0.3) is 0 Å². The topological polar surface area (TPSA) is 9.23 Å².